The van der Waals surface area contributed by atoms with E-state index in [9.17, 15) is 4.79 Å². The molecule has 5 nitrogen and oxygen atoms in total. The Morgan fingerprint density at radius 1 is 1.20 bits per heavy atom. The second-order valence-corrected chi connectivity index (χ2v) is 9.79. The van der Waals surface area contributed by atoms with E-state index in [1.807, 2.05) is 24.1 Å². The van der Waals surface area contributed by atoms with Crippen LogP contribution in [0.2, 0.25) is 10.0 Å². The zero-order valence-electron chi connectivity index (χ0n) is 17.7. The molecule has 3 fully saturated rings. The van der Waals surface area contributed by atoms with Gasteiger partial charge in [0.05, 0.1) is 11.1 Å². The van der Waals surface area contributed by atoms with Crippen LogP contribution in [0.5, 0.6) is 5.75 Å². The van der Waals surface area contributed by atoms with E-state index in [-0.39, 0.29) is 17.9 Å². The maximum Gasteiger partial charge on any atom is 0.225 e. The molecule has 1 aromatic rings. The molecule has 0 atom stereocenters. The third kappa shape index (κ3) is 5.24. The minimum atomic E-state index is 0.123. The molecule has 166 valence electrons. The van der Waals surface area contributed by atoms with Crippen molar-refractivity contribution in [2.45, 2.75) is 51.2 Å². The molecule has 1 saturated carbocycles. The lowest BCUT2D eigenvalue weighted by Crippen LogP contribution is -2.44. The number of benzene rings is 1. The Kier molecular flexibility index (Phi) is 7.45. The van der Waals surface area contributed by atoms with Crippen molar-refractivity contribution in [3.05, 3.63) is 27.7 Å². The normalized spacial score (nSPS) is 25.2. The second-order valence-electron chi connectivity index (χ2n) is 9.00. The molecule has 4 rings (SSSR count). The van der Waals surface area contributed by atoms with Crippen LogP contribution in [0, 0.1) is 11.8 Å². The molecule has 2 heterocycles. The summed E-state index contributed by atoms with van der Waals surface area (Å²) in [5.41, 5.74) is 0.968. The molecule has 0 N–H and O–H groups in total. The molecule has 3 aliphatic rings. The van der Waals surface area contributed by atoms with Crippen molar-refractivity contribution >= 4 is 29.1 Å². The molecule has 1 aliphatic carbocycles. The zero-order chi connectivity index (χ0) is 21.1. The van der Waals surface area contributed by atoms with Gasteiger partial charge in [-0.25, -0.2) is 0 Å². The summed E-state index contributed by atoms with van der Waals surface area (Å²) in [7, 11) is 1.92. The average molecular weight is 455 g/mol. The maximum atomic E-state index is 12.6. The summed E-state index contributed by atoms with van der Waals surface area (Å²) in [6.07, 6.45) is 6.21. The van der Waals surface area contributed by atoms with Crippen LogP contribution in [0.1, 0.15) is 44.1 Å². The van der Waals surface area contributed by atoms with Crippen molar-refractivity contribution in [1.29, 1.82) is 0 Å². The van der Waals surface area contributed by atoms with Gasteiger partial charge in [0, 0.05) is 49.9 Å². The molecule has 0 unspecified atom stereocenters. The molecule has 1 aromatic carbocycles. The van der Waals surface area contributed by atoms with Crippen LogP contribution >= 0.6 is 23.2 Å². The molecule has 0 bridgehead atoms. The van der Waals surface area contributed by atoms with E-state index in [0.29, 0.717) is 29.2 Å². The van der Waals surface area contributed by atoms with Crippen LogP contribution in [0.3, 0.4) is 0 Å². The van der Waals surface area contributed by atoms with Gasteiger partial charge in [-0.1, -0.05) is 23.2 Å². The first-order chi connectivity index (χ1) is 14.5. The third-order valence-corrected chi connectivity index (χ3v) is 7.46. The monoisotopic (exact) mass is 454 g/mol. The molecule has 0 radical (unpaired) electrons. The number of carbonyl (C=O) groups excluding carboxylic acids is 1. The number of carbonyl (C=O) groups is 1. The summed E-state index contributed by atoms with van der Waals surface area (Å²) < 4.78 is 11.6. The Balaban J connectivity index is 1.27. The van der Waals surface area contributed by atoms with Crippen molar-refractivity contribution in [1.82, 2.24) is 9.80 Å². The quantitative estimate of drug-likeness (QED) is 0.601. The van der Waals surface area contributed by atoms with E-state index in [1.165, 1.54) is 12.8 Å². The maximum absolute atomic E-state index is 12.6. The highest BCUT2D eigenvalue weighted by atomic mass is 35.5. The minimum absolute atomic E-state index is 0.123. The van der Waals surface area contributed by atoms with Gasteiger partial charge in [0.25, 0.3) is 0 Å². The van der Waals surface area contributed by atoms with E-state index in [1.54, 1.807) is 0 Å². The standard InChI is InChI=1S/C23H32Cl2N2O3/c1-26(23(28)17-6-10-29-11-7-17)14-16-12-18(13-16)30-21-5-4-20(24)19(22(21)25)15-27-8-2-3-9-27/h4-5,16-18H,2-3,6-15H2,1H3. The lowest BCUT2D eigenvalue weighted by Gasteiger charge is -2.38. The third-order valence-electron chi connectivity index (χ3n) is 6.70. The highest BCUT2D eigenvalue weighted by Crippen LogP contribution is 2.39. The first-order valence-electron chi connectivity index (χ1n) is 11.2. The Morgan fingerprint density at radius 3 is 2.60 bits per heavy atom. The molecule has 0 spiro atoms. The van der Waals surface area contributed by atoms with Gasteiger partial charge >= 0.3 is 0 Å². The molecule has 2 saturated heterocycles. The fourth-order valence-electron chi connectivity index (χ4n) is 4.81. The average Bonchev–Trinajstić information content (AvgIpc) is 3.24. The van der Waals surface area contributed by atoms with E-state index in [4.69, 9.17) is 32.7 Å². The van der Waals surface area contributed by atoms with Crippen molar-refractivity contribution in [2.24, 2.45) is 11.8 Å². The predicted molar refractivity (Wildman–Crippen MR) is 119 cm³/mol. The Morgan fingerprint density at radius 2 is 1.90 bits per heavy atom. The summed E-state index contributed by atoms with van der Waals surface area (Å²) in [5, 5.41) is 1.35. The lowest BCUT2D eigenvalue weighted by molar-refractivity contribution is -0.138. The number of nitrogens with zero attached hydrogens (tertiary/aromatic N) is 2. The molecule has 1 amide bonds. The van der Waals surface area contributed by atoms with E-state index >= 15 is 0 Å². The summed E-state index contributed by atoms with van der Waals surface area (Å²) in [6, 6.07) is 3.77. The van der Waals surface area contributed by atoms with E-state index in [2.05, 4.69) is 4.90 Å². The van der Waals surface area contributed by atoms with Crippen molar-refractivity contribution in [3.8, 4) is 5.75 Å². The van der Waals surface area contributed by atoms with Crippen molar-refractivity contribution in [2.75, 3.05) is 39.9 Å². The Hall–Kier alpha value is -1.01. The fourth-order valence-corrected chi connectivity index (χ4v) is 5.34. The number of ether oxygens (including phenoxy) is 2. The molecule has 7 heteroatoms. The van der Waals surface area contributed by atoms with Gasteiger partial charge < -0.3 is 14.4 Å². The van der Waals surface area contributed by atoms with Gasteiger partial charge in [0.2, 0.25) is 5.91 Å². The van der Waals surface area contributed by atoms with E-state index < -0.39 is 0 Å². The lowest BCUT2D eigenvalue weighted by atomic mass is 9.81. The number of hydrogen-bond acceptors (Lipinski definition) is 4. The van der Waals surface area contributed by atoms with Crippen molar-refractivity contribution in [3.63, 3.8) is 0 Å². The van der Waals surface area contributed by atoms with Crippen LogP contribution in [-0.2, 0) is 16.1 Å². The molecule has 0 aromatic heterocycles. The summed E-state index contributed by atoms with van der Waals surface area (Å²) in [6.45, 7) is 5.17. The molecular formula is C23H32Cl2N2O3. The summed E-state index contributed by atoms with van der Waals surface area (Å²) in [4.78, 5) is 16.9. The van der Waals surface area contributed by atoms with Crippen LogP contribution in [0.4, 0.5) is 0 Å². The molecule has 2 aliphatic heterocycles. The second kappa shape index (κ2) is 10.1. The van der Waals surface area contributed by atoms with Gasteiger partial charge in [-0.15, -0.1) is 0 Å². The predicted octanol–water partition coefficient (Wildman–Crippen LogP) is 4.63. The molecule has 30 heavy (non-hydrogen) atoms. The number of rotatable bonds is 7. The molecular weight excluding hydrogens is 423 g/mol. The van der Waals surface area contributed by atoms with E-state index in [0.717, 1.165) is 63.2 Å². The van der Waals surface area contributed by atoms with Gasteiger partial charge in [0.15, 0.2) is 0 Å². The highest BCUT2D eigenvalue weighted by Gasteiger charge is 2.34. The van der Waals surface area contributed by atoms with Crippen LogP contribution in [-0.4, -0.2) is 61.7 Å². The number of amides is 1. The Labute approximate surface area is 189 Å². The first kappa shape index (κ1) is 22.2. The SMILES string of the molecule is CN(CC1CC(Oc2ccc(Cl)c(CN3CCCC3)c2Cl)C1)C(=O)C1CCOCC1. The largest absolute Gasteiger partial charge is 0.489 e. The highest BCUT2D eigenvalue weighted by molar-refractivity contribution is 6.36. The zero-order valence-corrected chi connectivity index (χ0v) is 19.3. The fraction of sp³-hybridized carbons (Fsp3) is 0.696. The number of hydrogen-bond donors (Lipinski definition) is 0. The smallest absolute Gasteiger partial charge is 0.225 e. The van der Waals surface area contributed by atoms with Gasteiger partial charge in [0.1, 0.15) is 5.75 Å². The summed E-state index contributed by atoms with van der Waals surface area (Å²) in [5.74, 6) is 1.59. The van der Waals surface area contributed by atoms with Crippen LogP contribution in [0.15, 0.2) is 12.1 Å². The van der Waals surface area contributed by atoms with Gasteiger partial charge in [-0.3, -0.25) is 9.69 Å². The number of halogens is 2. The van der Waals surface area contributed by atoms with Gasteiger partial charge in [-0.05, 0) is 69.7 Å². The topological polar surface area (TPSA) is 42.0 Å². The van der Waals surface area contributed by atoms with Crippen LogP contribution in [0.25, 0.3) is 0 Å². The van der Waals surface area contributed by atoms with Gasteiger partial charge in [-0.2, -0.15) is 0 Å². The van der Waals surface area contributed by atoms with Crippen LogP contribution < -0.4 is 4.74 Å². The minimum Gasteiger partial charge on any atom is -0.489 e. The van der Waals surface area contributed by atoms with Crippen molar-refractivity contribution < 1.29 is 14.3 Å². The Bertz CT molecular complexity index is 742. The number of likely N-dealkylation sites (tertiary alicyclic amines) is 1. The first-order valence-corrected chi connectivity index (χ1v) is 12.0. The summed E-state index contributed by atoms with van der Waals surface area (Å²) >= 11 is 13.1.